The maximum Gasteiger partial charge on any atom is 0.0928 e. The van der Waals surface area contributed by atoms with Crippen molar-refractivity contribution in [3.05, 3.63) is 22.4 Å². The lowest BCUT2D eigenvalue weighted by Gasteiger charge is -2.39. The summed E-state index contributed by atoms with van der Waals surface area (Å²) in [5, 5.41) is 14.6. The van der Waals surface area contributed by atoms with Gasteiger partial charge in [-0.05, 0) is 49.1 Å². The minimum absolute atomic E-state index is 0.564. The van der Waals surface area contributed by atoms with E-state index in [1.165, 1.54) is 0 Å². The minimum Gasteiger partial charge on any atom is -0.385 e. The Morgan fingerprint density at radius 1 is 1.40 bits per heavy atom. The molecule has 0 aliphatic carbocycles. The van der Waals surface area contributed by atoms with Crippen molar-refractivity contribution in [2.24, 2.45) is 0 Å². The molecule has 0 spiro atoms. The van der Waals surface area contributed by atoms with Gasteiger partial charge in [-0.25, -0.2) is 0 Å². The van der Waals surface area contributed by atoms with E-state index in [1.807, 2.05) is 5.38 Å². The second-order valence-electron chi connectivity index (χ2n) is 4.67. The highest BCUT2D eigenvalue weighted by molar-refractivity contribution is 7.08. The summed E-state index contributed by atoms with van der Waals surface area (Å²) >= 11 is 1.67. The SMILES string of the molecule is CC(C)N1CCC(O)(c2ccsc2)CC1. The Labute approximate surface area is 95.5 Å². The van der Waals surface area contributed by atoms with E-state index in [0.29, 0.717) is 6.04 Å². The first kappa shape index (κ1) is 11.1. The summed E-state index contributed by atoms with van der Waals surface area (Å²) in [6.07, 6.45) is 1.73. The van der Waals surface area contributed by atoms with E-state index in [1.54, 1.807) is 11.3 Å². The van der Waals surface area contributed by atoms with Crippen LogP contribution in [0.1, 0.15) is 32.3 Å². The molecule has 1 aromatic heterocycles. The molecule has 1 fully saturated rings. The van der Waals surface area contributed by atoms with Crippen LogP contribution in [0.2, 0.25) is 0 Å². The molecular formula is C12H19NOS. The van der Waals surface area contributed by atoms with Gasteiger partial charge in [0.05, 0.1) is 5.60 Å². The summed E-state index contributed by atoms with van der Waals surface area (Å²) in [6.45, 7) is 6.44. The second-order valence-corrected chi connectivity index (χ2v) is 5.45. The van der Waals surface area contributed by atoms with Crippen molar-refractivity contribution in [2.75, 3.05) is 13.1 Å². The van der Waals surface area contributed by atoms with Crippen molar-refractivity contribution >= 4 is 11.3 Å². The summed E-state index contributed by atoms with van der Waals surface area (Å²) in [4.78, 5) is 2.43. The average Bonchev–Trinajstić information content (AvgIpc) is 2.71. The zero-order valence-corrected chi connectivity index (χ0v) is 10.3. The number of likely N-dealkylation sites (tertiary alicyclic amines) is 1. The quantitative estimate of drug-likeness (QED) is 0.835. The Bertz CT molecular complexity index is 299. The molecule has 84 valence electrons. The molecule has 1 aliphatic heterocycles. The second kappa shape index (κ2) is 4.24. The maximum absolute atomic E-state index is 10.5. The maximum atomic E-state index is 10.5. The molecule has 0 saturated carbocycles. The zero-order valence-electron chi connectivity index (χ0n) is 9.44. The lowest BCUT2D eigenvalue weighted by Crippen LogP contribution is -2.45. The molecule has 1 aliphatic rings. The fraction of sp³-hybridized carbons (Fsp3) is 0.667. The molecule has 0 bridgehead atoms. The van der Waals surface area contributed by atoms with Crippen LogP contribution >= 0.6 is 11.3 Å². The number of nitrogens with zero attached hydrogens (tertiary/aromatic N) is 1. The van der Waals surface area contributed by atoms with Gasteiger partial charge in [0.2, 0.25) is 0 Å². The van der Waals surface area contributed by atoms with E-state index >= 15 is 0 Å². The number of thiophene rings is 1. The fourth-order valence-electron chi connectivity index (χ4n) is 2.23. The van der Waals surface area contributed by atoms with E-state index in [9.17, 15) is 5.11 Å². The van der Waals surface area contributed by atoms with E-state index in [4.69, 9.17) is 0 Å². The number of hydrogen-bond donors (Lipinski definition) is 1. The van der Waals surface area contributed by atoms with Crippen molar-refractivity contribution in [3.63, 3.8) is 0 Å². The lowest BCUT2D eigenvalue weighted by atomic mass is 9.86. The van der Waals surface area contributed by atoms with E-state index < -0.39 is 5.60 Å². The summed E-state index contributed by atoms with van der Waals surface area (Å²) in [6, 6.07) is 2.65. The van der Waals surface area contributed by atoms with Crippen LogP contribution in [0.4, 0.5) is 0 Å². The third kappa shape index (κ3) is 2.25. The third-order valence-corrected chi connectivity index (χ3v) is 4.10. The van der Waals surface area contributed by atoms with Gasteiger partial charge in [-0.15, -0.1) is 0 Å². The molecule has 2 rings (SSSR count). The molecule has 2 heterocycles. The number of piperidine rings is 1. The van der Waals surface area contributed by atoms with E-state index in [0.717, 1.165) is 31.5 Å². The lowest BCUT2D eigenvalue weighted by molar-refractivity contribution is -0.0320. The van der Waals surface area contributed by atoms with Gasteiger partial charge in [-0.2, -0.15) is 11.3 Å². The number of hydrogen-bond acceptors (Lipinski definition) is 3. The molecule has 0 radical (unpaired) electrons. The number of aliphatic hydroxyl groups is 1. The standard InChI is InChI=1S/C12H19NOS/c1-10(2)13-6-4-12(14,5-7-13)11-3-8-15-9-11/h3,8-10,14H,4-7H2,1-2H3. The Morgan fingerprint density at radius 2 is 2.07 bits per heavy atom. The molecular weight excluding hydrogens is 206 g/mol. The Morgan fingerprint density at radius 3 is 2.53 bits per heavy atom. The topological polar surface area (TPSA) is 23.5 Å². The normalized spacial score (nSPS) is 22.1. The van der Waals surface area contributed by atoms with Gasteiger partial charge < -0.3 is 10.0 Å². The van der Waals surface area contributed by atoms with Crippen LogP contribution in [0, 0.1) is 0 Å². The molecule has 1 saturated heterocycles. The summed E-state index contributed by atoms with van der Waals surface area (Å²) < 4.78 is 0. The monoisotopic (exact) mass is 225 g/mol. The largest absolute Gasteiger partial charge is 0.385 e. The van der Waals surface area contributed by atoms with Crippen molar-refractivity contribution in [1.29, 1.82) is 0 Å². The van der Waals surface area contributed by atoms with Crippen molar-refractivity contribution in [1.82, 2.24) is 4.90 Å². The van der Waals surface area contributed by atoms with Gasteiger partial charge in [0, 0.05) is 19.1 Å². The van der Waals surface area contributed by atoms with E-state index in [-0.39, 0.29) is 0 Å². The first-order valence-electron chi connectivity index (χ1n) is 5.61. The number of rotatable bonds is 2. The van der Waals surface area contributed by atoms with Gasteiger partial charge >= 0.3 is 0 Å². The summed E-state index contributed by atoms with van der Waals surface area (Å²) in [5.41, 5.74) is 0.543. The molecule has 2 nitrogen and oxygen atoms in total. The molecule has 1 aromatic rings. The van der Waals surface area contributed by atoms with Crippen molar-refractivity contribution in [2.45, 2.75) is 38.3 Å². The Balaban J connectivity index is 2.03. The van der Waals surface area contributed by atoms with Crippen LogP contribution in [0.15, 0.2) is 16.8 Å². The van der Waals surface area contributed by atoms with E-state index in [2.05, 4.69) is 30.2 Å². The highest BCUT2D eigenvalue weighted by atomic mass is 32.1. The molecule has 0 aromatic carbocycles. The zero-order chi connectivity index (χ0) is 10.9. The Hall–Kier alpha value is -0.380. The smallest absolute Gasteiger partial charge is 0.0928 e. The van der Waals surface area contributed by atoms with Crippen molar-refractivity contribution < 1.29 is 5.11 Å². The Kier molecular flexibility index (Phi) is 3.14. The van der Waals surface area contributed by atoms with Gasteiger partial charge in [0.1, 0.15) is 0 Å². The summed E-state index contributed by atoms with van der Waals surface area (Å²) in [7, 11) is 0. The molecule has 0 amide bonds. The van der Waals surface area contributed by atoms with Gasteiger partial charge in [0.15, 0.2) is 0 Å². The van der Waals surface area contributed by atoms with Gasteiger partial charge in [-0.1, -0.05) is 0 Å². The summed E-state index contributed by atoms with van der Waals surface area (Å²) in [5.74, 6) is 0. The molecule has 1 N–H and O–H groups in total. The molecule has 0 unspecified atom stereocenters. The molecule has 3 heteroatoms. The third-order valence-electron chi connectivity index (χ3n) is 3.41. The van der Waals surface area contributed by atoms with Crippen LogP contribution in [0.3, 0.4) is 0 Å². The predicted molar refractivity (Wildman–Crippen MR) is 64.2 cm³/mol. The fourth-order valence-corrected chi connectivity index (χ4v) is 2.98. The average molecular weight is 225 g/mol. The molecule has 0 atom stereocenters. The highest BCUT2D eigenvalue weighted by Crippen LogP contribution is 2.34. The van der Waals surface area contributed by atoms with Crippen LogP contribution in [0.25, 0.3) is 0 Å². The predicted octanol–water partition coefficient (Wildman–Crippen LogP) is 2.44. The first-order chi connectivity index (χ1) is 7.12. The first-order valence-corrected chi connectivity index (χ1v) is 6.55. The van der Waals surface area contributed by atoms with Crippen LogP contribution in [-0.2, 0) is 5.60 Å². The molecule has 15 heavy (non-hydrogen) atoms. The van der Waals surface area contributed by atoms with Crippen LogP contribution in [0.5, 0.6) is 0 Å². The highest BCUT2D eigenvalue weighted by Gasteiger charge is 2.34. The van der Waals surface area contributed by atoms with Crippen molar-refractivity contribution in [3.8, 4) is 0 Å². The van der Waals surface area contributed by atoms with Crippen LogP contribution in [-0.4, -0.2) is 29.1 Å². The van der Waals surface area contributed by atoms with Gasteiger partial charge in [-0.3, -0.25) is 0 Å². The van der Waals surface area contributed by atoms with Gasteiger partial charge in [0.25, 0.3) is 0 Å². The minimum atomic E-state index is -0.564. The van der Waals surface area contributed by atoms with Crippen LogP contribution < -0.4 is 0 Å².